The summed E-state index contributed by atoms with van der Waals surface area (Å²) in [4.78, 5) is 2.32. The van der Waals surface area contributed by atoms with Crippen LogP contribution in [-0.4, -0.2) is 25.3 Å². The van der Waals surface area contributed by atoms with Gasteiger partial charge in [0.2, 0.25) is 0 Å². The van der Waals surface area contributed by atoms with Gasteiger partial charge in [0.1, 0.15) is 17.2 Å². The summed E-state index contributed by atoms with van der Waals surface area (Å²) in [5.74, 6) is 2.17. The Hall–Kier alpha value is -3.96. The number of rotatable bonds is 10. The van der Waals surface area contributed by atoms with E-state index in [1.807, 2.05) is 42.5 Å². The zero-order chi connectivity index (χ0) is 28.3. The van der Waals surface area contributed by atoms with Crippen LogP contribution in [0.2, 0.25) is 0 Å². The molecule has 4 aromatic rings. The SMILES string of the molecule is CCN(CC)c1ccc2c(c1)Oc1cc(OC)c(Nc3ccccc3)cc1C2c1ccccc1C(O)(CC)CC. The van der Waals surface area contributed by atoms with E-state index in [1.165, 1.54) is 0 Å². The normalized spacial score (nSPS) is 14.1. The van der Waals surface area contributed by atoms with Crippen LogP contribution in [0.4, 0.5) is 17.1 Å². The fourth-order valence-electron chi connectivity index (χ4n) is 5.90. The van der Waals surface area contributed by atoms with E-state index in [0.717, 1.165) is 63.9 Å². The minimum absolute atomic E-state index is 0.132. The molecule has 4 aromatic carbocycles. The Morgan fingerprint density at radius 1 is 0.800 bits per heavy atom. The van der Waals surface area contributed by atoms with E-state index in [4.69, 9.17) is 9.47 Å². The Morgan fingerprint density at radius 3 is 2.15 bits per heavy atom. The van der Waals surface area contributed by atoms with Crippen molar-refractivity contribution in [3.63, 3.8) is 0 Å². The largest absolute Gasteiger partial charge is 0.494 e. The number of nitrogens with one attached hydrogen (secondary N) is 1. The van der Waals surface area contributed by atoms with Gasteiger partial charge in [-0.25, -0.2) is 0 Å². The summed E-state index contributed by atoms with van der Waals surface area (Å²) in [7, 11) is 1.68. The first kappa shape index (κ1) is 27.6. The Labute approximate surface area is 238 Å². The third-order valence-corrected chi connectivity index (χ3v) is 8.30. The number of anilines is 3. The zero-order valence-electron chi connectivity index (χ0n) is 24.2. The molecule has 0 saturated heterocycles. The molecule has 5 heteroatoms. The average molecular weight is 537 g/mol. The van der Waals surface area contributed by atoms with Crippen molar-refractivity contribution in [2.24, 2.45) is 0 Å². The summed E-state index contributed by atoms with van der Waals surface area (Å²) in [6.45, 7) is 10.3. The molecule has 0 aliphatic carbocycles. The molecular formula is C35H40N2O3. The fraction of sp³-hybridized carbons (Fsp3) is 0.314. The lowest BCUT2D eigenvalue weighted by Crippen LogP contribution is -2.27. The van der Waals surface area contributed by atoms with Crippen molar-refractivity contribution >= 4 is 17.1 Å². The number of para-hydroxylation sites is 1. The number of hydrogen-bond donors (Lipinski definition) is 2. The van der Waals surface area contributed by atoms with Gasteiger partial charge < -0.3 is 24.8 Å². The molecule has 1 aliphatic heterocycles. The Morgan fingerprint density at radius 2 is 1.48 bits per heavy atom. The van der Waals surface area contributed by atoms with Gasteiger partial charge in [0.15, 0.2) is 0 Å². The number of nitrogens with zero attached hydrogens (tertiary/aromatic N) is 1. The highest BCUT2D eigenvalue weighted by Gasteiger charge is 2.36. The molecule has 5 rings (SSSR count). The van der Waals surface area contributed by atoms with Crippen LogP contribution >= 0.6 is 0 Å². The molecule has 40 heavy (non-hydrogen) atoms. The number of aliphatic hydroxyl groups is 1. The number of hydrogen-bond acceptors (Lipinski definition) is 5. The average Bonchev–Trinajstić information content (AvgIpc) is 3.00. The minimum atomic E-state index is -0.923. The maximum absolute atomic E-state index is 11.7. The molecule has 0 saturated carbocycles. The molecule has 0 radical (unpaired) electrons. The molecule has 1 heterocycles. The van der Waals surface area contributed by atoms with Crippen molar-refractivity contribution in [3.05, 3.63) is 107 Å². The first-order valence-electron chi connectivity index (χ1n) is 14.4. The predicted molar refractivity (Wildman–Crippen MR) is 165 cm³/mol. The van der Waals surface area contributed by atoms with Gasteiger partial charge in [0.25, 0.3) is 0 Å². The van der Waals surface area contributed by atoms with Crippen molar-refractivity contribution in [1.82, 2.24) is 0 Å². The summed E-state index contributed by atoms with van der Waals surface area (Å²) in [6, 6.07) is 29.1. The van der Waals surface area contributed by atoms with Gasteiger partial charge in [-0.1, -0.05) is 62.4 Å². The van der Waals surface area contributed by atoms with E-state index in [2.05, 4.69) is 80.4 Å². The van der Waals surface area contributed by atoms with Crippen LogP contribution in [0.3, 0.4) is 0 Å². The third kappa shape index (κ3) is 5.02. The minimum Gasteiger partial charge on any atom is -0.494 e. The number of methoxy groups -OCH3 is 1. The van der Waals surface area contributed by atoms with Crippen molar-refractivity contribution in [2.45, 2.75) is 52.1 Å². The van der Waals surface area contributed by atoms with Gasteiger partial charge in [0.05, 0.1) is 18.4 Å². The van der Waals surface area contributed by atoms with E-state index in [1.54, 1.807) is 7.11 Å². The molecule has 1 atom stereocenters. The van der Waals surface area contributed by atoms with Crippen LogP contribution in [0, 0.1) is 0 Å². The van der Waals surface area contributed by atoms with E-state index < -0.39 is 5.60 Å². The number of fused-ring (bicyclic) bond motifs is 2. The van der Waals surface area contributed by atoms with Gasteiger partial charge in [-0.3, -0.25) is 0 Å². The molecule has 5 nitrogen and oxygen atoms in total. The van der Waals surface area contributed by atoms with Crippen molar-refractivity contribution < 1.29 is 14.6 Å². The van der Waals surface area contributed by atoms with Crippen LogP contribution in [0.1, 0.15) is 68.7 Å². The molecule has 1 unspecified atom stereocenters. The van der Waals surface area contributed by atoms with Gasteiger partial charge in [0, 0.05) is 53.6 Å². The standard InChI is InChI=1S/C35H40N2O3/c1-6-35(38,7-2)29-18-14-13-17-26(29)34-27-20-19-25(37(8-3)9-4)21-31(27)40-32-23-33(39-5)30(22-28(32)34)36-24-15-11-10-12-16-24/h10-23,34,36,38H,6-9H2,1-5H3. The highest BCUT2D eigenvalue weighted by molar-refractivity contribution is 5.73. The molecule has 0 fully saturated rings. The molecule has 208 valence electrons. The van der Waals surface area contributed by atoms with E-state index >= 15 is 0 Å². The third-order valence-electron chi connectivity index (χ3n) is 8.30. The quantitative estimate of drug-likeness (QED) is 0.187. The fourth-order valence-corrected chi connectivity index (χ4v) is 5.90. The van der Waals surface area contributed by atoms with Gasteiger partial charge in [-0.05, 0) is 62.1 Å². The number of benzene rings is 4. The summed E-state index contributed by atoms with van der Waals surface area (Å²) in [6.07, 6.45) is 1.27. The summed E-state index contributed by atoms with van der Waals surface area (Å²) < 4.78 is 12.5. The maximum Gasteiger partial charge on any atom is 0.146 e. The molecule has 0 aromatic heterocycles. The van der Waals surface area contributed by atoms with Gasteiger partial charge >= 0.3 is 0 Å². The molecule has 0 amide bonds. The lowest BCUT2D eigenvalue weighted by Gasteiger charge is -2.35. The smallest absolute Gasteiger partial charge is 0.146 e. The highest BCUT2D eigenvalue weighted by atomic mass is 16.5. The lowest BCUT2D eigenvalue weighted by molar-refractivity contribution is 0.0274. The summed E-state index contributed by atoms with van der Waals surface area (Å²) >= 11 is 0. The molecule has 1 aliphatic rings. The highest BCUT2D eigenvalue weighted by Crippen LogP contribution is 2.52. The van der Waals surface area contributed by atoms with Crippen LogP contribution in [0.15, 0.2) is 84.9 Å². The maximum atomic E-state index is 11.7. The molecule has 2 N–H and O–H groups in total. The predicted octanol–water partition coefficient (Wildman–Crippen LogP) is 8.58. The van der Waals surface area contributed by atoms with Crippen molar-refractivity contribution in [3.8, 4) is 17.2 Å². The van der Waals surface area contributed by atoms with E-state index in [0.29, 0.717) is 18.6 Å². The Balaban J connectivity index is 1.74. The second kappa shape index (κ2) is 11.6. The molecular weight excluding hydrogens is 496 g/mol. The van der Waals surface area contributed by atoms with Gasteiger partial charge in [-0.15, -0.1) is 0 Å². The molecule has 0 bridgehead atoms. The van der Waals surface area contributed by atoms with Crippen molar-refractivity contribution in [2.75, 3.05) is 30.4 Å². The lowest BCUT2D eigenvalue weighted by atomic mass is 9.75. The van der Waals surface area contributed by atoms with Crippen LogP contribution in [0.25, 0.3) is 0 Å². The summed E-state index contributed by atoms with van der Waals surface area (Å²) in [5.41, 5.74) is 6.22. The summed E-state index contributed by atoms with van der Waals surface area (Å²) in [5, 5.41) is 15.3. The monoisotopic (exact) mass is 536 g/mol. The van der Waals surface area contributed by atoms with Gasteiger partial charge in [-0.2, -0.15) is 0 Å². The van der Waals surface area contributed by atoms with Crippen molar-refractivity contribution in [1.29, 1.82) is 0 Å². The van der Waals surface area contributed by atoms with Crippen LogP contribution in [0.5, 0.6) is 17.2 Å². The topological polar surface area (TPSA) is 54.0 Å². The second-order valence-corrected chi connectivity index (χ2v) is 10.3. The molecule has 0 spiro atoms. The Bertz CT molecular complexity index is 1460. The first-order chi connectivity index (χ1) is 19.5. The zero-order valence-corrected chi connectivity index (χ0v) is 24.2. The van der Waals surface area contributed by atoms with Crippen LogP contribution in [-0.2, 0) is 5.60 Å². The first-order valence-corrected chi connectivity index (χ1v) is 14.4. The number of ether oxygens (including phenoxy) is 2. The van der Waals surface area contributed by atoms with Crippen LogP contribution < -0.4 is 19.7 Å². The van der Waals surface area contributed by atoms with E-state index in [-0.39, 0.29) is 5.92 Å². The second-order valence-electron chi connectivity index (χ2n) is 10.3. The van der Waals surface area contributed by atoms with E-state index in [9.17, 15) is 5.11 Å². The Kier molecular flexibility index (Phi) is 8.04.